The highest BCUT2D eigenvalue weighted by atomic mass is 16.6. The summed E-state index contributed by atoms with van der Waals surface area (Å²) in [6, 6.07) is 0.216. The third kappa shape index (κ3) is 1.90. The zero-order valence-corrected chi connectivity index (χ0v) is 7.23. The van der Waals surface area contributed by atoms with Crippen LogP contribution in [0.3, 0.4) is 0 Å². The quantitative estimate of drug-likeness (QED) is 0.465. The standard InChI is InChI=1S/C8H12N2O2/c1-6(2)8-4-3-7(5-9-8)10(11)12/h3,5-6,8H,4H2,1-2H3. The Morgan fingerprint density at radius 3 is 2.75 bits per heavy atom. The van der Waals surface area contributed by atoms with Gasteiger partial charge in [-0.2, -0.15) is 0 Å². The molecule has 4 nitrogen and oxygen atoms in total. The number of hydrogen-bond donors (Lipinski definition) is 0. The Labute approximate surface area is 71.1 Å². The summed E-state index contributed by atoms with van der Waals surface area (Å²) < 4.78 is 0. The number of rotatable bonds is 2. The zero-order chi connectivity index (χ0) is 9.14. The van der Waals surface area contributed by atoms with Gasteiger partial charge in [0.05, 0.1) is 17.2 Å². The predicted molar refractivity (Wildman–Crippen MR) is 46.8 cm³/mol. The second kappa shape index (κ2) is 3.47. The van der Waals surface area contributed by atoms with Crippen molar-refractivity contribution in [1.82, 2.24) is 0 Å². The molecular formula is C8H12N2O2. The summed E-state index contributed by atoms with van der Waals surface area (Å²) in [6.07, 6.45) is 3.68. The fourth-order valence-corrected chi connectivity index (χ4v) is 1.09. The Kier molecular flexibility index (Phi) is 2.58. The SMILES string of the molecule is CC(C)C1CC=C([N+](=O)[O-])C=N1. The highest BCUT2D eigenvalue weighted by Crippen LogP contribution is 2.16. The van der Waals surface area contributed by atoms with Gasteiger partial charge in [0.15, 0.2) is 0 Å². The lowest BCUT2D eigenvalue weighted by atomic mass is 10.00. The number of nitrogens with zero attached hydrogens (tertiary/aromatic N) is 2. The molecule has 0 saturated carbocycles. The van der Waals surface area contributed by atoms with Gasteiger partial charge in [-0.15, -0.1) is 0 Å². The number of hydrogen-bond acceptors (Lipinski definition) is 3. The number of allylic oxidation sites excluding steroid dienone is 1. The van der Waals surface area contributed by atoms with E-state index in [9.17, 15) is 10.1 Å². The maximum Gasteiger partial charge on any atom is 0.283 e. The summed E-state index contributed by atoms with van der Waals surface area (Å²) in [5.41, 5.74) is 0.118. The molecule has 1 heterocycles. The maximum absolute atomic E-state index is 10.3. The van der Waals surface area contributed by atoms with Gasteiger partial charge in [-0.25, -0.2) is 0 Å². The first kappa shape index (κ1) is 8.90. The van der Waals surface area contributed by atoms with Crippen LogP contribution in [0.2, 0.25) is 0 Å². The minimum Gasteiger partial charge on any atom is -0.282 e. The molecule has 0 bridgehead atoms. The molecule has 12 heavy (non-hydrogen) atoms. The first-order valence-electron chi connectivity index (χ1n) is 3.99. The average Bonchev–Trinajstić information content (AvgIpc) is 2.04. The van der Waals surface area contributed by atoms with Gasteiger partial charge < -0.3 is 0 Å². The topological polar surface area (TPSA) is 55.5 Å². The van der Waals surface area contributed by atoms with Crippen LogP contribution in [-0.4, -0.2) is 17.2 Å². The minimum absolute atomic E-state index is 0.118. The lowest BCUT2D eigenvalue weighted by Gasteiger charge is -2.15. The van der Waals surface area contributed by atoms with Gasteiger partial charge in [-0.3, -0.25) is 15.1 Å². The van der Waals surface area contributed by atoms with Crippen molar-refractivity contribution >= 4 is 6.21 Å². The van der Waals surface area contributed by atoms with E-state index in [-0.39, 0.29) is 11.7 Å². The van der Waals surface area contributed by atoms with Crippen molar-refractivity contribution in [2.75, 3.05) is 0 Å². The Hall–Kier alpha value is -1.19. The Morgan fingerprint density at radius 1 is 1.75 bits per heavy atom. The van der Waals surface area contributed by atoms with Gasteiger partial charge in [0.25, 0.3) is 5.70 Å². The van der Waals surface area contributed by atoms with Gasteiger partial charge in [0, 0.05) is 0 Å². The third-order valence-corrected chi connectivity index (χ3v) is 1.95. The lowest BCUT2D eigenvalue weighted by molar-refractivity contribution is -0.414. The van der Waals surface area contributed by atoms with E-state index in [0.717, 1.165) is 0 Å². The van der Waals surface area contributed by atoms with Crippen LogP contribution < -0.4 is 0 Å². The molecule has 1 aliphatic rings. The van der Waals surface area contributed by atoms with Gasteiger partial charge in [0.1, 0.15) is 0 Å². The fraction of sp³-hybridized carbons (Fsp3) is 0.625. The van der Waals surface area contributed by atoms with Crippen LogP contribution in [0.25, 0.3) is 0 Å². The van der Waals surface area contributed by atoms with E-state index >= 15 is 0 Å². The molecule has 0 aromatic rings. The normalized spacial score (nSPS) is 22.6. The van der Waals surface area contributed by atoms with Crippen molar-refractivity contribution in [3.63, 3.8) is 0 Å². The van der Waals surface area contributed by atoms with Crippen LogP contribution >= 0.6 is 0 Å². The predicted octanol–water partition coefficient (Wildman–Crippen LogP) is 1.65. The van der Waals surface area contributed by atoms with Crippen molar-refractivity contribution in [2.24, 2.45) is 10.9 Å². The summed E-state index contributed by atoms with van der Waals surface area (Å²) >= 11 is 0. The maximum atomic E-state index is 10.3. The van der Waals surface area contributed by atoms with E-state index < -0.39 is 4.92 Å². The van der Waals surface area contributed by atoms with Gasteiger partial charge in [0.2, 0.25) is 0 Å². The summed E-state index contributed by atoms with van der Waals surface area (Å²) in [5, 5.41) is 10.3. The Morgan fingerprint density at radius 2 is 2.42 bits per heavy atom. The van der Waals surface area contributed by atoms with Crippen molar-refractivity contribution in [3.8, 4) is 0 Å². The van der Waals surface area contributed by atoms with Crippen LogP contribution in [-0.2, 0) is 0 Å². The van der Waals surface area contributed by atoms with Crippen LogP contribution in [0.15, 0.2) is 16.8 Å². The van der Waals surface area contributed by atoms with Crippen LogP contribution in [0.5, 0.6) is 0 Å². The molecular weight excluding hydrogens is 156 g/mol. The van der Waals surface area contributed by atoms with Gasteiger partial charge >= 0.3 is 0 Å². The smallest absolute Gasteiger partial charge is 0.282 e. The van der Waals surface area contributed by atoms with E-state index in [1.54, 1.807) is 6.08 Å². The molecule has 1 rings (SSSR count). The third-order valence-electron chi connectivity index (χ3n) is 1.95. The summed E-state index contributed by atoms with van der Waals surface area (Å²) in [6.45, 7) is 4.12. The molecule has 1 atom stereocenters. The molecule has 0 fully saturated rings. The molecule has 0 amide bonds. The van der Waals surface area contributed by atoms with Gasteiger partial charge in [-0.05, 0) is 18.4 Å². The summed E-state index contributed by atoms with van der Waals surface area (Å²) in [5.74, 6) is 0.450. The van der Waals surface area contributed by atoms with Crippen molar-refractivity contribution < 1.29 is 4.92 Å². The molecule has 1 aliphatic heterocycles. The van der Waals surface area contributed by atoms with E-state index in [1.807, 2.05) is 0 Å². The van der Waals surface area contributed by atoms with Crippen molar-refractivity contribution in [1.29, 1.82) is 0 Å². The fourth-order valence-electron chi connectivity index (χ4n) is 1.09. The molecule has 0 aliphatic carbocycles. The highest BCUT2D eigenvalue weighted by molar-refractivity contribution is 5.76. The summed E-state index contributed by atoms with van der Waals surface area (Å²) in [7, 11) is 0. The summed E-state index contributed by atoms with van der Waals surface area (Å²) in [4.78, 5) is 14.0. The number of nitro groups is 1. The first-order valence-corrected chi connectivity index (χ1v) is 3.99. The number of aliphatic imine (C=N–C) groups is 1. The molecule has 1 unspecified atom stereocenters. The second-order valence-electron chi connectivity index (χ2n) is 3.21. The molecule has 0 N–H and O–H groups in total. The van der Waals surface area contributed by atoms with E-state index in [4.69, 9.17) is 0 Å². The Balaban J connectivity index is 2.61. The first-order chi connectivity index (χ1) is 5.61. The highest BCUT2D eigenvalue weighted by Gasteiger charge is 2.18. The monoisotopic (exact) mass is 168 g/mol. The molecule has 0 spiro atoms. The van der Waals surface area contributed by atoms with Crippen LogP contribution in [0, 0.1) is 16.0 Å². The lowest BCUT2D eigenvalue weighted by Crippen LogP contribution is -2.17. The van der Waals surface area contributed by atoms with E-state index in [0.29, 0.717) is 12.3 Å². The largest absolute Gasteiger partial charge is 0.283 e. The molecule has 66 valence electrons. The molecule has 4 heteroatoms. The zero-order valence-electron chi connectivity index (χ0n) is 7.23. The van der Waals surface area contributed by atoms with Crippen LogP contribution in [0.1, 0.15) is 20.3 Å². The number of dihydropyridines is 1. The van der Waals surface area contributed by atoms with E-state index in [1.165, 1.54) is 6.21 Å². The Bertz CT molecular complexity index is 243. The minimum atomic E-state index is -0.403. The average molecular weight is 168 g/mol. The van der Waals surface area contributed by atoms with Gasteiger partial charge in [-0.1, -0.05) is 13.8 Å². The van der Waals surface area contributed by atoms with Crippen molar-refractivity contribution in [3.05, 3.63) is 21.9 Å². The van der Waals surface area contributed by atoms with Crippen molar-refractivity contribution in [2.45, 2.75) is 26.3 Å². The molecule has 0 saturated heterocycles. The van der Waals surface area contributed by atoms with Crippen LogP contribution in [0.4, 0.5) is 0 Å². The second-order valence-corrected chi connectivity index (χ2v) is 3.21. The molecule has 0 aromatic heterocycles. The molecule has 0 aromatic carbocycles. The molecule has 0 radical (unpaired) electrons. The van der Waals surface area contributed by atoms with E-state index in [2.05, 4.69) is 18.8 Å².